The van der Waals surface area contributed by atoms with Gasteiger partial charge in [-0.25, -0.2) is 0 Å². The van der Waals surface area contributed by atoms with Crippen molar-refractivity contribution in [1.82, 2.24) is 5.32 Å². The molecule has 2 rings (SSSR count). The quantitative estimate of drug-likeness (QED) is 0.0204. The number of carbonyl (C=O) groups is 1. The molecule has 2 heterocycles. The van der Waals surface area contributed by atoms with Crippen LogP contribution in [0.2, 0.25) is 0 Å². The summed E-state index contributed by atoms with van der Waals surface area (Å²) in [4.78, 5) is 13.3. The minimum Gasteiger partial charge on any atom is -0.394 e. The summed E-state index contributed by atoms with van der Waals surface area (Å²) in [7, 11) is 0. The maximum Gasteiger partial charge on any atom is 0.220 e. The fourth-order valence-electron chi connectivity index (χ4n) is 11.9. The molecular formula is C73H135NO13. The minimum absolute atomic E-state index is 0.250. The van der Waals surface area contributed by atoms with Crippen molar-refractivity contribution in [2.45, 2.75) is 389 Å². The van der Waals surface area contributed by atoms with Crippen molar-refractivity contribution < 1.29 is 64.6 Å². The fraction of sp³-hybridized carbons (Fsp3) is 0.877. The van der Waals surface area contributed by atoms with Gasteiger partial charge in [0, 0.05) is 6.42 Å². The van der Waals surface area contributed by atoms with E-state index in [-0.39, 0.29) is 18.9 Å². The number of aliphatic hydroxyl groups excluding tert-OH is 8. The van der Waals surface area contributed by atoms with E-state index in [1.165, 1.54) is 238 Å². The Morgan fingerprint density at radius 2 is 0.747 bits per heavy atom. The van der Waals surface area contributed by atoms with Crippen molar-refractivity contribution in [1.29, 1.82) is 0 Å². The third kappa shape index (κ3) is 41.9. The maximum absolute atomic E-state index is 13.3. The lowest BCUT2D eigenvalue weighted by molar-refractivity contribution is -0.359. The molecule has 0 bridgehead atoms. The van der Waals surface area contributed by atoms with E-state index < -0.39 is 86.8 Å². The summed E-state index contributed by atoms with van der Waals surface area (Å²) < 4.78 is 22.8. The van der Waals surface area contributed by atoms with Gasteiger partial charge in [0.2, 0.25) is 5.91 Å². The molecule has 1 amide bonds. The standard InChI is InChI=1S/C73H135NO13/c1-3-5-7-9-11-13-15-17-18-19-20-21-22-23-24-25-26-27-28-29-30-31-32-33-34-35-36-37-38-39-40-41-42-43-44-45-47-49-51-53-55-57-65(78)74-61(62(77)56-54-52-50-48-46-16-14-12-10-8-6-4-2)60-84-72-70(83)68(81)71(64(59-76)86-72)87-73-69(82)67(80)66(79)63(58-75)85-73/h10,12,19-20,46,48,54,56,61-64,66-73,75-77,79-83H,3-9,11,13-18,21-45,47,49-53,55,57-60H2,1-2H3,(H,74,78)/b12-10+,20-19-,48-46+,56-54+. The highest BCUT2D eigenvalue weighted by Crippen LogP contribution is 2.30. The van der Waals surface area contributed by atoms with Crippen molar-refractivity contribution in [3.8, 4) is 0 Å². The summed E-state index contributed by atoms with van der Waals surface area (Å²) in [6.45, 7) is 2.74. The van der Waals surface area contributed by atoms with E-state index in [2.05, 4.69) is 55.6 Å². The molecule has 2 aliphatic heterocycles. The van der Waals surface area contributed by atoms with Gasteiger partial charge < -0.3 is 65.1 Å². The Balaban J connectivity index is 1.52. The number of nitrogens with one attached hydrogen (secondary N) is 1. The largest absolute Gasteiger partial charge is 0.394 e. The number of rotatable bonds is 60. The van der Waals surface area contributed by atoms with E-state index in [9.17, 15) is 45.6 Å². The van der Waals surface area contributed by atoms with E-state index in [4.69, 9.17) is 18.9 Å². The topological polar surface area (TPSA) is 228 Å². The molecule has 2 aliphatic rings. The summed E-state index contributed by atoms with van der Waals surface area (Å²) in [5.74, 6) is -0.250. The van der Waals surface area contributed by atoms with Crippen LogP contribution in [0.25, 0.3) is 0 Å². The molecular weight excluding hydrogens is 1100 g/mol. The second-order valence-corrected chi connectivity index (χ2v) is 25.7. The summed E-state index contributed by atoms with van der Waals surface area (Å²) >= 11 is 0. The first-order chi connectivity index (χ1) is 42.6. The van der Waals surface area contributed by atoms with E-state index in [1.807, 2.05) is 6.08 Å². The van der Waals surface area contributed by atoms with Crippen LogP contribution in [0.1, 0.15) is 316 Å². The van der Waals surface area contributed by atoms with Gasteiger partial charge >= 0.3 is 0 Å². The van der Waals surface area contributed by atoms with Crippen LogP contribution < -0.4 is 5.32 Å². The van der Waals surface area contributed by atoms with Crippen LogP contribution in [0.4, 0.5) is 0 Å². The van der Waals surface area contributed by atoms with E-state index in [1.54, 1.807) is 6.08 Å². The molecule has 12 atom stereocenters. The monoisotopic (exact) mass is 1230 g/mol. The molecule has 87 heavy (non-hydrogen) atoms. The summed E-state index contributed by atoms with van der Waals surface area (Å²) in [5.41, 5.74) is 0. The van der Waals surface area contributed by atoms with Gasteiger partial charge in [-0.05, 0) is 64.2 Å². The molecule has 2 saturated heterocycles. The Hall–Kier alpha value is -2.05. The zero-order valence-electron chi connectivity index (χ0n) is 55.5. The lowest BCUT2D eigenvalue weighted by Crippen LogP contribution is -2.65. The van der Waals surface area contributed by atoms with Crippen LogP contribution in [0, 0.1) is 0 Å². The third-order valence-electron chi connectivity index (χ3n) is 17.7. The second kappa shape index (κ2) is 57.8. The van der Waals surface area contributed by atoms with Crippen molar-refractivity contribution in [3.05, 3.63) is 48.6 Å². The number of hydrogen-bond acceptors (Lipinski definition) is 13. The molecule has 0 spiro atoms. The molecule has 0 saturated carbocycles. The zero-order valence-corrected chi connectivity index (χ0v) is 55.5. The van der Waals surface area contributed by atoms with Gasteiger partial charge in [-0.15, -0.1) is 0 Å². The fourth-order valence-corrected chi connectivity index (χ4v) is 11.9. The molecule has 510 valence electrons. The second-order valence-electron chi connectivity index (χ2n) is 25.7. The van der Waals surface area contributed by atoms with Gasteiger partial charge in [0.15, 0.2) is 12.6 Å². The SMILES string of the molecule is CCCC/C=C/CC/C=C/CC/C=C/C(O)C(COC1OC(CO)C(OC2OC(CO)C(O)C(O)C2O)C(O)C1O)NC(=O)CCCCCCCCCCCCCCCCCCCCCCCCCCCCCCC/C=C\CCCCCCCCCC. The van der Waals surface area contributed by atoms with Crippen LogP contribution in [0.15, 0.2) is 48.6 Å². The highest BCUT2D eigenvalue weighted by atomic mass is 16.7. The molecule has 14 heteroatoms. The number of allylic oxidation sites excluding steroid dienone is 7. The van der Waals surface area contributed by atoms with Gasteiger partial charge in [-0.2, -0.15) is 0 Å². The number of amides is 1. The molecule has 0 aliphatic carbocycles. The molecule has 0 aromatic heterocycles. The molecule has 0 aromatic rings. The highest BCUT2D eigenvalue weighted by Gasteiger charge is 2.51. The molecule has 0 aromatic carbocycles. The number of carbonyl (C=O) groups excluding carboxylic acids is 1. The Labute approximate surface area is 531 Å². The van der Waals surface area contributed by atoms with Crippen LogP contribution in [0.3, 0.4) is 0 Å². The molecule has 0 radical (unpaired) electrons. The lowest BCUT2D eigenvalue weighted by atomic mass is 9.97. The predicted molar refractivity (Wildman–Crippen MR) is 355 cm³/mol. The average Bonchev–Trinajstić information content (AvgIpc) is 2.27. The van der Waals surface area contributed by atoms with Crippen LogP contribution in [-0.4, -0.2) is 140 Å². The molecule has 2 fully saturated rings. The highest BCUT2D eigenvalue weighted by molar-refractivity contribution is 5.76. The number of ether oxygens (including phenoxy) is 4. The van der Waals surface area contributed by atoms with E-state index >= 15 is 0 Å². The number of aliphatic hydroxyl groups is 8. The van der Waals surface area contributed by atoms with E-state index in [0.717, 1.165) is 44.9 Å². The average molecular weight is 1230 g/mol. The van der Waals surface area contributed by atoms with Crippen molar-refractivity contribution in [3.63, 3.8) is 0 Å². The van der Waals surface area contributed by atoms with E-state index in [0.29, 0.717) is 12.8 Å². The normalized spacial score (nSPS) is 23.5. The Bertz CT molecular complexity index is 1640. The van der Waals surface area contributed by atoms with Gasteiger partial charge in [-0.1, -0.05) is 294 Å². The van der Waals surface area contributed by atoms with Gasteiger partial charge in [0.25, 0.3) is 0 Å². The first kappa shape index (κ1) is 81.0. The number of unbranched alkanes of at least 4 members (excludes halogenated alkanes) is 41. The Morgan fingerprint density at radius 3 is 1.16 bits per heavy atom. The first-order valence-corrected chi connectivity index (χ1v) is 36.4. The van der Waals surface area contributed by atoms with Gasteiger partial charge in [0.1, 0.15) is 48.8 Å². The van der Waals surface area contributed by atoms with Crippen molar-refractivity contribution >= 4 is 5.91 Å². The third-order valence-corrected chi connectivity index (χ3v) is 17.7. The summed E-state index contributed by atoms with van der Waals surface area (Å²) in [6, 6.07) is -0.936. The lowest BCUT2D eigenvalue weighted by Gasteiger charge is -2.46. The summed E-state index contributed by atoms with van der Waals surface area (Å²) in [6.07, 6.45) is 59.5. The van der Waals surface area contributed by atoms with Crippen LogP contribution in [0.5, 0.6) is 0 Å². The smallest absolute Gasteiger partial charge is 0.220 e. The zero-order chi connectivity index (χ0) is 63.1. The Morgan fingerprint density at radius 1 is 0.402 bits per heavy atom. The van der Waals surface area contributed by atoms with Gasteiger partial charge in [0.05, 0.1) is 32.0 Å². The summed E-state index contributed by atoms with van der Waals surface area (Å²) in [5, 5.41) is 87.1. The van der Waals surface area contributed by atoms with Crippen molar-refractivity contribution in [2.75, 3.05) is 19.8 Å². The molecule has 12 unspecified atom stereocenters. The van der Waals surface area contributed by atoms with Gasteiger partial charge in [-0.3, -0.25) is 4.79 Å². The minimum atomic E-state index is -1.79. The molecule has 14 nitrogen and oxygen atoms in total. The first-order valence-electron chi connectivity index (χ1n) is 36.4. The van der Waals surface area contributed by atoms with Crippen LogP contribution in [-0.2, 0) is 23.7 Å². The Kier molecular flexibility index (Phi) is 53.9. The maximum atomic E-state index is 13.3. The number of hydrogen-bond donors (Lipinski definition) is 9. The van der Waals surface area contributed by atoms with Crippen molar-refractivity contribution in [2.24, 2.45) is 0 Å². The van der Waals surface area contributed by atoms with Crippen LogP contribution >= 0.6 is 0 Å². The molecule has 9 N–H and O–H groups in total. The predicted octanol–water partition coefficient (Wildman–Crippen LogP) is 15.1.